The van der Waals surface area contributed by atoms with Crippen molar-refractivity contribution in [1.29, 1.82) is 0 Å². The van der Waals surface area contributed by atoms with Gasteiger partial charge in [-0.3, -0.25) is 0 Å². The minimum Gasteiger partial charge on any atom is -0.390 e. The molecule has 1 heterocycles. The Bertz CT molecular complexity index is 234. The molecular formula is C10H17BrO3. The molecule has 1 aliphatic heterocycles. The Morgan fingerprint density at radius 2 is 2.14 bits per heavy atom. The van der Waals surface area contributed by atoms with Gasteiger partial charge in [-0.15, -0.1) is 0 Å². The summed E-state index contributed by atoms with van der Waals surface area (Å²) in [5, 5.41) is 19.6. The highest BCUT2D eigenvalue weighted by Crippen LogP contribution is 2.36. The van der Waals surface area contributed by atoms with Crippen LogP contribution < -0.4 is 0 Å². The Morgan fingerprint density at radius 1 is 1.57 bits per heavy atom. The molecule has 1 aliphatic rings. The summed E-state index contributed by atoms with van der Waals surface area (Å²) in [7, 11) is 0. The number of rotatable bonds is 2. The second kappa shape index (κ2) is 3.93. The van der Waals surface area contributed by atoms with Gasteiger partial charge in [-0.1, -0.05) is 15.9 Å². The van der Waals surface area contributed by atoms with Gasteiger partial charge in [0.1, 0.15) is 5.60 Å². The first-order valence-corrected chi connectivity index (χ1v) is 5.57. The van der Waals surface area contributed by atoms with Crippen LogP contribution in [-0.4, -0.2) is 33.6 Å². The fraction of sp³-hybridized carbons (Fsp3) is 0.800. The highest BCUT2D eigenvalue weighted by Gasteiger charge is 2.47. The third kappa shape index (κ3) is 2.37. The Morgan fingerprint density at radius 3 is 2.50 bits per heavy atom. The second-order valence-corrected chi connectivity index (χ2v) is 5.02. The van der Waals surface area contributed by atoms with Crippen LogP contribution in [-0.2, 0) is 4.74 Å². The van der Waals surface area contributed by atoms with Crippen molar-refractivity contribution in [1.82, 2.24) is 0 Å². The summed E-state index contributed by atoms with van der Waals surface area (Å²) in [6.45, 7) is 5.18. The maximum Gasteiger partial charge on any atom is 0.111 e. The SMILES string of the molecule is CC(C)(O)[C@H]1C[C@H](O)[C@@](C)(/C=C/Br)O1. The lowest BCUT2D eigenvalue weighted by atomic mass is 9.94. The summed E-state index contributed by atoms with van der Waals surface area (Å²) >= 11 is 3.16. The molecule has 1 saturated heterocycles. The summed E-state index contributed by atoms with van der Waals surface area (Å²) in [5.41, 5.74) is -1.62. The van der Waals surface area contributed by atoms with Crippen molar-refractivity contribution in [3.63, 3.8) is 0 Å². The van der Waals surface area contributed by atoms with E-state index in [2.05, 4.69) is 15.9 Å². The largest absolute Gasteiger partial charge is 0.390 e. The summed E-state index contributed by atoms with van der Waals surface area (Å²) in [6.07, 6.45) is 1.31. The zero-order valence-electron chi connectivity index (χ0n) is 8.70. The Hall–Kier alpha value is 0.1000. The molecule has 4 heteroatoms. The van der Waals surface area contributed by atoms with E-state index in [0.29, 0.717) is 6.42 Å². The molecule has 0 spiro atoms. The van der Waals surface area contributed by atoms with Gasteiger partial charge >= 0.3 is 0 Å². The lowest BCUT2D eigenvalue weighted by Gasteiger charge is -2.28. The fourth-order valence-electron chi connectivity index (χ4n) is 1.58. The third-order valence-corrected chi connectivity index (χ3v) is 2.94. The summed E-state index contributed by atoms with van der Waals surface area (Å²) < 4.78 is 5.65. The number of hydrogen-bond acceptors (Lipinski definition) is 3. The van der Waals surface area contributed by atoms with Gasteiger partial charge in [-0.05, 0) is 31.8 Å². The summed E-state index contributed by atoms with van der Waals surface area (Å²) in [5.74, 6) is 0. The van der Waals surface area contributed by atoms with Crippen molar-refractivity contribution in [3.8, 4) is 0 Å². The van der Waals surface area contributed by atoms with Crippen molar-refractivity contribution in [2.24, 2.45) is 0 Å². The van der Waals surface area contributed by atoms with Crippen LogP contribution in [0, 0.1) is 0 Å². The molecule has 0 unspecified atom stereocenters. The van der Waals surface area contributed by atoms with Crippen molar-refractivity contribution in [3.05, 3.63) is 11.1 Å². The van der Waals surface area contributed by atoms with Crippen LogP contribution in [0.3, 0.4) is 0 Å². The smallest absolute Gasteiger partial charge is 0.111 e. The van der Waals surface area contributed by atoms with Gasteiger partial charge in [-0.2, -0.15) is 0 Å². The highest BCUT2D eigenvalue weighted by molar-refractivity contribution is 9.11. The van der Waals surface area contributed by atoms with Crippen LogP contribution in [0.15, 0.2) is 11.1 Å². The van der Waals surface area contributed by atoms with Gasteiger partial charge in [-0.25, -0.2) is 0 Å². The molecule has 0 aromatic carbocycles. The fourth-order valence-corrected chi connectivity index (χ4v) is 2.10. The first-order valence-electron chi connectivity index (χ1n) is 4.66. The van der Waals surface area contributed by atoms with Crippen molar-refractivity contribution in [2.75, 3.05) is 0 Å². The predicted molar refractivity (Wildman–Crippen MR) is 58.3 cm³/mol. The Labute approximate surface area is 92.9 Å². The molecule has 0 bridgehead atoms. The molecule has 0 saturated carbocycles. The zero-order chi connectivity index (χ0) is 11.0. The molecule has 3 atom stereocenters. The van der Waals surface area contributed by atoms with Crippen molar-refractivity contribution >= 4 is 15.9 Å². The van der Waals surface area contributed by atoms with Crippen LogP contribution in [0.1, 0.15) is 27.2 Å². The molecule has 0 amide bonds. The normalized spacial score (nSPS) is 39.6. The molecule has 82 valence electrons. The molecular weight excluding hydrogens is 248 g/mol. The quantitative estimate of drug-likeness (QED) is 0.796. The number of aliphatic hydroxyl groups excluding tert-OH is 1. The molecule has 0 aromatic heterocycles. The maximum absolute atomic E-state index is 9.80. The minimum absolute atomic E-state index is 0.328. The molecule has 3 nitrogen and oxygen atoms in total. The van der Waals surface area contributed by atoms with E-state index in [-0.39, 0.29) is 6.10 Å². The summed E-state index contributed by atoms with van der Waals surface area (Å²) in [6, 6.07) is 0. The third-order valence-electron chi connectivity index (χ3n) is 2.68. The van der Waals surface area contributed by atoms with E-state index in [1.165, 1.54) is 0 Å². The van der Waals surface area contributed by atoms with Gasteiger partial charge in [0.05, 0.1) is 17.8 Å². The molecule has 1 rings (SSSR count). The van der Waals surface area contributed by atoms with Crippen LogP contribution in [0.25, 0.3) is 0 Å². The van der Waals surface area contributed by atoms with Crippen molar-refractivity contribution in [2.45, 2.75) is 50.6 Å². The average molecular weight is 265 g/mol. The Balaban J connectivity index is 2.78. The predicted octanol–water partition coefficient (Wildman–Crippen LogP) is 1.57. The van der Waals surface area contributed by atoms with Crippen molar-refractivity contribution < 1.29 is 14.9 Å². The van der Waals surface area contributed by atoms with E-state index >= 15 is 0 Å². The van der Waals surface area contributed by atoms with E-state index in [0.717, 1.165) is 0 Å². The van der Waals surface area contributed by atoms with Gasteiger partial charge in [0.15, 0.2) is 0 Å². The lowest BCUT2D eigenvalue weighted by Crippen LogP contribution is -2.38. The number of ether oxygens (including phenoxy) is 1. The number of aliphatic hydroxyl groups is 2. The topological polar surface area (TPSA) is 49.7 Å². The number of halogens is 1. The van der Waals surface area contributed by atoms with E-state index in [1.807, 2.05) is 0 Å². The number of hydrogen-bond donors (Lipinski definition) is 2. The summed E-state index contributed by atoms with van der Waals surface area (Å²) in [4.78, 5) is 1.67. The molecule has 0 aliphatic carbocycles. The van der Waals surface area contributed by atoms with E-state index < -0.39 is 17.3 Å². The van der Waals surface area contributed by atoms with Gasteiger partial charge < -0.3 is 14.9 Å². The Kier molecular flexibility index (Phi) is 3.41. The van der Waals surface area contributed by atoms with Crippen LogP contribution >= 0.6 is 15.9 Å². The molecule has 14 heavy (non-hydrogen) atoms. The standard InChI is InChI=1S/C10H17BrO3/c1-9(2,13)8-6-7(12)10(3,14-8)4-5-11/h4-5,7-8,12-13H,6H2,1-3H3/b5-4+/t7-,8+,10+/m0/s1. The van der Waals surface area contributed by atoms with E-state index in [1.54, 1.807) is 31.8 Å². The first-order chi connectivity index (χ1) is 6.29. The second-order valence-electron chi connectivity index (χ2n) is 4.49. The highest BCUT2D eigenvalue weighted by atomic mass is 79.9. The molecule has 2 N–H and O–H groups in total. The first kappa shape index (κ1) is 12.2. The minimum atomic E-state index is -0.918. The van der Waals surface area contributed by atoms with Gasteiger partial charge in [0, 0.05) is 6.42 Å². The zero-order valence-corrected chi connectivity index (χ0v) is 10.3. The van der Waals surface area contributed by atoms with Crippen LogP contribution in [0.5, 0.6) is 0 Å². The van der Waals surface area contributed by atoms with Crippen LogP contribution in [0.2, 0.25) is 0 Å². The maximum atomic E-state index is 9.80. The van der Waals surface area contributed by atoms with Gasteiger partial charge in [0.25, 0.3) is 0 Å². The van der Waals surface area contributed by atoms with E-state index in [9.17, 15) is 10.2 Å². The van der Waals surface area contributed by atoms with Gasteiger partial charge in [0.2, 0.25) is 0 Å². The lowest BCUT2D eigenvalue weighted by molar-refractivity contribution is -0.108. The molecule has 1 fully saturated rings. The van der Waals surface area contributed by atoms with Crippen LogP contribution in [0.4, 0.5) is 0 Å². The monoisotopic (exact) mass is 264 g/mol. The molecule has 0 aromatic rings. The average Bonchev–Trinajstić information content (AvgIpc) is 2.28. The van der Waals surface area contributed by atoms with E-state index in [4.69, 9.17) is 4.74 Å². The molecule has 0 radical (unpaired) electrons.